The van der Waals surface area contributed by atoms with Gasteiger partial charge in [0.15, 0.2) is 0 Å². The lowest BCUT2D eigenvalue weighted by molar-refractivity contribution is -0.137. The quantitative estimate of drug-likeness (QED) is 0.684. The minimum Gasteiger partial charge on any atom is -0.481 e. The highest BCUT2D eigenvalue weighted by atomic mass is 32.2. The Bertz CT molecular complexity index is 518. The second kappa shape index (κ2) is 8.83. The molecule has 0 aromatic heterocycles. The summed E-state index contributed by atoms with van der Waals surface area (Å²) in [5, 5.41) is 11.6. The van der Waals surface area contributed by atoms with E-state index in [1.54, 1.807) is 11.8 Å². The molecule has 120 valence electrons. The number of fused-ring (bicyclic) bond motifs is 1. The Morgan fingerprint density at radius 2 is 1.86 bits per heavy atom. The molecule has 5 heteroatoms. The van der Waals surface area contributed by atoms with Gasteiger partial charge in [0.2, 0.25) is 5.91 Å². The summed E-state index contributed by atoms with van der Waals surface area (Å²) in [6, 6.07) is 8.12. The minimum absolute atomic E-state index is 0.0169. The number of carbonyl (C=O) groups excluding carboxylic acids is 1. The fraction of sp³-hybridized carbons (Fsp3) is 0.529. The molecule has 1 amide bonds. The number of rotatable bonds is 9. The van der Waals surface area contributed by atoms with Gasteiger partial charge in [0.05, 0.1) is 5.92 Å². The Labute approximate surface area is 135 Å². The number of amides is 1. The third kappa shape index (κ3) is 5.05. The van der Waals surface area contributed by atoms with E-state index in [9.17, 15) is 9.59 Å². The molecule has 2 rings (SSSR count). The van der Waals surface area contributed by atoms with E-state index in [0.717, 1.165) is 43.4 Å². The summed E-state index contributed by atoms with van der Waals surface area (Å²) in [5.41, 5.74) is 1.15. The van der Waals surface area contributed by atoms with E-state index in [1.165, 1.54) is 4.90 Å². The first-order chi connectivity index (χ1) is 10.7. The van der Waals surface area contributed by atoms with Gasteiger partial charge in [-0.2, -0.15) is 0 Å². The second-order valence-electron chi connectivity index (χ2n) is 5.60. The number of thioether (sulfide) groups is 1. The number of carbonyl (C=O) groups is 2. The van der Waals surface area contributed by atoms with Crippen molar-refractivity contribution in [2.45, 2.75) is 49.3 Å². The molecule has 2 N–H and O–H groups in total. The molecule has 0 spiro atoms. The van der Waals surface area contributed by atoms with Crippen LogP contribution in [0.1, 0.15) is 50.0 Å². The first kappa shape index (κ1) is 16.9. The lowest BCUT2D eigenvalue weighted by Crippen LogP contribution is -2.30. The molecule has 0 bridgehead atoms. The molecule has 1 aromatic rings. The Morgan fingerprint density at radius 1 is 1.14 bits per heavy atom. The summed E-state index contributed by atoms with van der Waals surface area (Å²) in [6.45, 7) is 0.709. The summed E-state index contributed by atoms with van der Waals surface area (Å²) in [5.74, 6) is 0.225. The van der Waals surface area contributed by atoms with E-state index in [4.69, 9.17) is 5.11 Å². The number of carboxylic acids is 1. The van der Waals surface area contributed by atoms with Crippen molar-refractivity contribution in [3.05, 3.63) is 29.8 Å². The van der Waals surface area contributed by atoms with Crippen LogP contribution in [0, 0.1) is 0 Å². The molecule has 0 aliphatic carbocycles. The Morgan fingerprint density at radius 3 is 2.68 bits per heavy atom. The Kier molecular flexibility index (Phi) is 6.77. The van der Waals surface area contributed by atoms with Gasteiger partial charge in [0, 0.05) is 23.6 Å². The largest absolute Gasteiger partial charge is 0.481 e. The van der Waals surface area contributed by atoms with Crippen molar-refractivity contribution in [3.8, 4) is 0 Å². The maximum absolute atomic E-state index is 12.2. The average molecular weight is 321 g/mol. The van der Waals surface area contributed by atoms with E-state index in [0.29, 0.717) is 6.54 Å². The van der Waals surface area contributed by atoms with E-state index in [-0.39, 0.29) is 18.2 Å². The zero-order valence-corrected chi connectivity index (χ0v) is 13.5. The first-order valence-electron chi connectivity index (χ1n) is 7.89. The van der Waals surface area contributed by atoms with Gasteiger partial charge >= 0.3 is 5.97 Å². The number of carboxylic acid groups (broad SMARTS) is 1. The van der Waals surface area contributed by atoms with Crippen LogP contribution in [-0.2, 0) is 9.59 Å². The van der Waals surface area contributed by atoms with Crippen LogP contribution in [-0.4, -0.2) is 29.3 Å². The standard InChI is InChI=1S/C17H23NO3S/c19-16(20)10-4-2-1-3-7-11-18-17(21)14-12-22-15-9-6-5-8-13(14)15/h5-6,8-9,14H,1-4,7,10-12H2,(H,18,21)(H,19,20). The van der Waals surface area contributed by atoms with E-state index in [2.05, 4.69) is 11.4 Å². The number of nitrogens with one attached hydrogen (secondary N) is 1. The number of benzene rings is 1. The van der Waals surface area contributed by atoms with Gasteiger partial charge < -0.3 is 10.4 Å². The highest BCUT2D eigenvalue weighted by Crippen LogP contribution is 2.39. The summed E-state index contributed by atoms with van der Waals surface area (Å²) in [4.78, 5) is 23.8. The number of unbranched alkanes of at least 4 members (excludes halogenated alkanes) is 4. The van der Waals surface area contributed by atoms with Crippen LogP contribution in [0.4, 0.5) is 0 Å². The molecule has 0 fully saturated rings. The third-order valence-corrected chi connectivity index (χ3v) is 5.07. The third-order valence-electron chi connectivity index (χ3n) is 3.88. The molecule has 0 saturated heterocycles. The van der Waals surface area contributed by atoms with Crippen LogP contribution in [0.2, 0.25) is 0 Å². The van der Waals surface area contributed by atoms with E-state index in [1.807, 2.05) is 18.2 Å². The van der Waals surface area contributed by atoms with Crippen LogP contribution in [0.25, 0.3) is 0 Å². The number of aliphatic carboxylic acids is 1. The van der Waals surface area contributed by atoms with Gasteiger partial charge in [0.25, 0.3) is 0 Å². The lowest BCUT2D eigenvalue weighted by atomic mass is 10.0. The maximum Gasteiger partial charge on any atom is 0.303 e. The second-order valence-corrected chi connectivity index (χ2v) is 6.67. The molecule has 22 heavy (non-hydrogen) atoms. The van der Waals surface area contributed by atoms with Crippen molar-refractivity contribution in [1.29, 1.82) is 0 Å². The van der Waals surface area contributed by atoms with Crippen molar-refractivity contribution >= 4 is 23.6 Å². The Hall–Kier alpha value is -1.49. The lowest BCUT2D eigenvalue weighted by Gasteiger charge is -2.11. The van der Waals surface area contributed by atoms with Crippen LogP contribution in [0.15, 0.2) is 29.2 Å². The smallest absolute Gasteiger partial charge is 0.303 e. The zero-order valence-electron chi connectivity index (χ0n) is 12.7. The predicted molar refractivity (Wildman–Crippen MR) is 88.3 cm³/mol. The molecule has 1 atom stereocenters. The summed E-state index contributed by atoms with van der Waals surface area (Å²) >= 11 is 1.75. The molecule has 0 saturated carbocycles. The van der Waals surface area contributed by atoms with Crippen molar-refractivity contribution in [2.24, 2.45) is 0 Å². The van der Waals surface area contributed by atoms with Gasteiger partial charge in [-0.15, -0.1) is 11.8 Å². The molecule has 1 aromatic carbocycles. The fourth-order valence-corrected chi connectivity index (χ4v) is 3.87. The van der Waals surface area contributed by atoms with Gasteiger partial charge in [-0.05, 0) is 24.5 Å². The number of hydrogen-bond donors (Lipinski definition) is 2. The molecular formula is C17H23NO3S. The Balaban J connectivity index is 1.58. The molecule has 1 aliphatic heterocycles. The first-order valence-corrected chi connectivity index (χ1v) is 8.88. The van der Waals surface area contributed by atoms with Crippen LogP contribution >= 0.6 is 11.8 Å². The van der Waals surface area contributed by atoms with Gasteiger partial charge in [-0.1, -0.05) is 37.5 Å². The highest BCUT2D eigenvalue weighted by Gasteiger charge is 2.28. The van der Waals surface area contributed by atoms with Crippen LogP contribution in [0.3, 0.4) is 0 Å². The zero-order chi connectivity index (χ0) is 15.8. The molecule has 1 aliphatic rings. The molecular weight excluding hydrogens is 298 g/mol. The van der Waals surface area contributed by atoms with E-state index >= 15 is 0 Å². The highest BCUT2D eigenvalue weighted by molar-refractivity contribution is 7.99. The summed E-state index contributed by atoms with van der Waals surface area (Å²) in [7, 11) is 0. The monoisotopic (exact) mass is 321 g/mol. The van der Waals surface area contributed by atoms with E-state index < -0.39 is 5.97 Å². The molecule has 0 radical (unpaired) electrons. The fourth-order valence-electron chi connectivity index (χ4n) is 2.65. The van der Waals surface area contributed by atoms with Crippen molar-refractivity contribution in [3.63, 3.8) is 0 Å². The number of hydrogen-bond acceptors (Lipinski definition) is 3. The molecule has 4 nitrogen and oxygen atoms in total. The van der Waals surface area contributed by atoms with Gasteiger partial charge in [-0.25, -0.2) is 0 Å². The maximum atomic E-state index is 12.2. The topological polar surface area (TPSA) is 66.4 Å². The van der Waals surface area contributed by atoms with Crippen molar-refractivity contribution in [2.75, 3.05) is 12.3 Å². The van der Waals surface area contributed by atoms with Crippen molar-refractivity contribution in [1.82, 2.24) is 5.32 Å². The predicted octanol–water partition coefficient (Wildman–Crippen LogP) is 3.42. The van der Waals surface area contributed by atoms with Crippen LogP contribution < -0.4 is 5.32 Å². The normalized spacial score (nSPS) is 16.3. The average Bonchev–Trinajstić information content (AvgIpc) is 2.93. The van der Waals surface area contributed by atoms with Crippen molar-refractivity contribution < 1.29 is 14.7 Å². The van der Waals surface area contributed by atoms with Gasteiger partial charge in [0.1, 0.15) is 0 Å². The summed E-state index contributed by atoms with van der Waals surface area (Å²) < 4.78 is 0. The summed E-state index contributed by atoms with van der Waals surface area (Å²) in [6.07, 6.45) is 4.99. The molecule has 1 heterocycles. The van der Waals surface area contributed by atoms with Gasteiger partial charge in [-0.3, -0.25) is 9.59 Å². The van der Waals surface area contributed by atoms with Crippen LogP contribution in [0.5, 0.6) is 0 Å². The molecule has 1 unspecified atom stereocenters. The SMILES string of the molecule is O=C(O)CCCCCCCNC(=O)C1CSc2ccccc21. The minimum atomic E-state index is -0.720.